The van der Waals surface area contributed by atoms with Crippen LogP contribution in [0.4, 0.5) is 8.78 Å². The van der Waals surface area contributed by atoms with Crippen LogP contribution in [0.1, 0.15) is 23.6 Å². The van der Waals surface area contributed by atoms with Gasteiger partial charge in [-0.25, -0.2) is 8.78 Å². The second-order valence-electron chi connectivity index (χ2n) is 6.77. The van der Waals surface area contributed by atoms with Crippen LogP contribution in [0.2, 0.25) is 5.02 Å². The second kappa shape index (κ2) is 12.5. The molecule has 0 atom stereocenters. The van der Waals surface area contributed by atoms with E-state index in [9.17, 15) is 8.78 Å². The van der Waals surface area contributed by atoms with Gasteiger partial charge in [-0.05, 0) is 61.3 Å². The Hall–Kier alpha value is -2.34. The van der Waals surface area contributed by atoms with E-state index in [0.717, 1.165) is 24.1 Å². The fourth-order valence-electron chi connectivity index (χ4n) is 3.01. The van der Waals surface area contributed by atoms with Crippen molar-refractivity contribution in [3.05, 3.63) is 94.0 Å². The minimum absolute atomic E-state index is 0. The summed E-state index contributed by atoms with van der Waals surface area (Å²) in [6.45, 7) is 3.71. The van der Waals surface area contributed by atoms with Gasteiger partial charge in [0.2, 0.25) is 0 Å². The van der Waals surface area contributed by atoms with E-state index < -0.39 is 0 Å². The monoisotopic (exact) mass is 467 g/mol. The minimum Gasteiger partial charge on any atom is -0.490 e. The van der Waals surface area contributed by atoms with Gasteiger partial charge in [0.25, 0.3) is 0 Å². The highest BCUT2D eigenvalue weighted by Crippen LogP contribution is 2.37. The number of rotatable bonds is 10. The van der Waals surface area contributed by atoms with Crippen LogP contribution >= 0.6 is 24.0 Å². The largest absolute Gasteiger partial charge is 0.490 e. The first-order chi connectivity index (χ1) is 14.6. The maximum atomic E-state index is 13.8. The molecule has 0 aromatic heterocycles. The minimum atomic E-state index is -0.325. The Morgan fingerprint density at radius 3 is 2.39 bits per heavy atom. The predicted octanol–water partition coefficient (Wildman–Crippen LogP) is 6.35. The van der Waals surface area contributed by atoms with Gasteiger partial charge in [0, 0.05) is 12.1 Å². The van der Waals surface area contributed by atoms with Gasteiger partial charge in [-0.3, -0.25) is 0 Å². The molecule has 0 saturated heterocycles. The van der Waals surface area contributed by atoms with Gasteiger partial charge in [0.1, 0.15) is 18.2 Å². The lowest BCUT2D eigenvalue weighted by molar-refractivity contribution is 0.266. The smallest absolute Gasteiger partial charge is 0.180 e. The zero-order valence-corrected chi connectivity index (χ0v) is 18.7. The van der Waals surface area contributed by atoms with Gasteiger partial charge in [-0.15, -0.1) is 12.4 Å². The molecule has 0 unspecified atom stereocenters. The number of nitrogens with one attached hydrogen (secondary N) is 1. The van der Waals surface area contributed by atoms with Crippen molar-refractivity contribution in [2.45, 2.75) is 26.5 Å². The molecule has 166 valence electrons. The van der Waals surface area contributed by atoms with E-state index in [-0.39, 0.29) is 30.6 Å². The Balaban J connectivity index is 0.00000341. The molecule has 0 spiro atoms. The molecule has 3 aromatic carbocycles. The lowest BCUT2D eigenvalue weighted by Gasteiger charge is -2.16. The molecule has 0 saturated carbocycles. The van der Waals surface area contributed by atoms with Gasteiger partial charge in [0.15, 0.2) is 11.5 Å². The van der Waals surface area contributed by atoms with Crippen LogP contribution in [0.15, 0.2) is 60.7 Å². The molecule has 0 aliphatic carbocycles. The summed E-state index contributed by atoms with van der Waals surface area (Å²) in [5.41, 5.74) is 2.46. The summed E-state index contributed by atoms with van der Waals surface area (Å²) >= 11 is 6.44. The number of benzene rings is 3. The third-order valence-electron chi connectivity index (χ3n) is 4.53. The predicted molar refractivity (Wildman–Crippen MR) is 122 cm³/mol. The van der Waals surface area contributed by atoms with Crippen LogP contribution in [-0.2, 0) is 19.6 Å². The fourth-order valence-corrected chi connectivity index (χ4v) is 3.30. The molecule has 1 N–H and O–H groups in total. The molecule has 0 aliphatic heterocycles. The highest BCUT2D eigenvalue weighted by Gasteiger charge is 2.14. The van der Waals surface area contributed by atoms with Crippen LogP contribution < -0.4 is 14.8 Å². The molecule has 3 rings (SSSR count). The lowest BCUT2D eigenvalue weighted by Crippen LogP contribution is -2.17. The van der Waals surface area contributed by atoms with Crippen LogP contribution in [0.3, 0.4) is 0 Å². The topological polar surface area (TPSA) is 30.5 Å². The van der Waals surface area contributed by atoms with E-state index in [1.165, 1.54) is 18.2 Å². The molecule has 0 amide bonds. The molecular formula is C24H25Cl2F2NO2. The third-order valence-corrected chi connectivity index (χ3v) is 4.81. The van der Waals surface area contributed by atoms with Crippen molar-refractivity contribution in [2.24, 2.45) is 0 Å². The molecule has 3 aromatic rings. The molecular weight excluding hydrogens is 443 g/mol. The first-order valence-electron chi connectivity index (χ1n) is 9.83. The Morgan fingerprint density at radius 1 is 0.935 bits per heavy atom. The fraction of sp³-hybridized carbons (Fsp3) is 0.250. The van der Waals surface area contributed by atoms with Crippen molar-refractivity contribution in [1.82, 2.24) is 5.32 Å². The molecule has 7 heteroatoms. The van der Waals surface area contributed by atoms with Gasteiger partial charge < -0.3 is 14.8 Å². The van der Waals surface area contributed by atoms with E-state index in [1.807, 2.05) is 19.1 Å². The second-order valence-corrected chi connectivity index (χ2v) is 7.18. The molecule has 0 heterocycles. The van der Waals surface area contributed by atoms with E-state index in [4.69, 9.17) is 21.1 Å². The number of hydrogen-bond donors (Lipinski definition) is 1. The maximum Gasteiger partial charge on any atom is 0.180 e. The van der Waals surface area contributed by atoms with Crippen molar-refractivity contribution in [1.29, 1.82) is 0 Å². The van der Waals surface area contributed by atoms with Crippen molar-refractivity contribution in [2.75, 3.05) is 13.2 Å². The Labute approximate surface area is 192 Å². The highest BCUT2D eigenvalue weighted by atomic mass is 35.5. The van der Waals surface area contributed by atoms with E-state index >= 15 is 0 Å². The average Bonchev–Trinajstić information content (AvgIpc) is 2.73. The van der Waals surface area contributed by atoms with Crippen LogP contribution in [0.5, 0.6) is 11.5 Å². The van der Waals surface area contributed by atoms with Crippen LogP contribution in [0, 0.1) is 11.6 Å². The standard InChI is InChI=1S/C24H24ClF2NO2.ClH/c1-2-29-23-14-18(15-28-12-11-17-7-9-20(26)10-8-17)13-21(25)24(23)30-16-19-5-3-4-6-22(19)27;/h3-10,13-14,28H,2,11-12,15-16H2,1H3;1H. The zero-order chi connectivity index (χ0) is 21.3. The number of hydrogen-bond acceptors (Lipinski definition) is 3. The summed E-state index contributed by atoms with van der Waals surface area (Å²) in [4.78, 5) is 0. The maximum absolute atomic E-state index is 13.8. The summed E-state index contributed by atoms with van der Waals surface area (Å²) in [7, 11) is 0. The van der Waals surface area contributed by atoms with Gasteiger partial charge in [-0.1, -0.05) is 41.9 Å². The number of halogens is 4. The Kier molecular flexibility index (Phi) is 10.0. The third kappa shape index (κ3) is 7.39. The molecule has 0 radical (unpaired) electrons. The number of ether oxygens (including phenoxy) is 2. The SMILES string of the molecule is CCOc1cc(CNCCc2ccc(F)cc2)cc(Cl)c1OCc1ccccc1F.Cl. The van der Waals surface area contributed by atoms with Crippen molar-refractivity contribution < 1.29 is 18.3 Å². The molecule has 0 bridgehead atoms. The quantitative estimate of drug-likeness (QED) is 0.352. The van der Waals surface area contributed by atoms with Crippen molar-refractivity contribution >= 4 is 24.0 Å². The highest BCUT2D eigenvalue weighted by molar-refractivity contribution is 6.32. The first-order valence-corrected chi connectivity index (χ1v) is 10.2. The van der Waals surface area contributed by atoms with Crippen LogP contribution in [-0.4, -0.2) is 13.2 Å². The normalized spacial score (nSPS) is 10.5. The summed E-state index contributed by atoms with van der Waals surface area (Å²) in [5.74, 6) is 0.365. The van der Waals surface area contributed by atoms with E-state index in [0.29, 0.717) is 35.2 Å². The van der Waals surface area contributed by atoms with Gasteiger partial charge in [-0.2, -0.15) is 0 Å². The van der Waals surface area contributed by atoms with E-state index in [1.54, 1.807) is 30.3 Å². The summed E-state index contributed by atoms with van der Waals surface area (Å²) in [6.07, 6.45) is 0.788. The van der Waals surface area contributed by atoms with Crippen LogP contribution in [0.25, 0.3) is 0 Å². The molecule has 3 nitrogen and oxygen atoms in total. The molecule has 0 aliphatic rings. The molecule has 0 fully saturated rings. The first kappa shape index (κ1) is 24.9. The lowest BCUT2D eigenvalue weighted by atomic mass is 10.1. The summed E-state index contributed by atoms with van der Waals surface area (Å²) < 4.78 is 38.3. The van der Waals surface area contributed by atoms with Crippen molar-refractivity contribution in [3.8, 4) is 11.5 Å². The van der Waals surface area contributed by atoms with Gasteiger partial charge in [0.05, 0.1) is 11.6 Å². The Morgan fingerprint density at radius 2 is 1.68 bits per heavy atom. The Bertz CT molecular complexity index is 968. The summed E-state index contributed by atoms with van der Waals surface area (Å²) in [6, 6.07) is 16.6. The molecule has 31 heavy (non-hydrogen) atoms. The summed E-state index contributed by atoms with van der Waals surface area (Å²) in [5, 5.41) is 3.76. The average molecular weight is 468 g/mol. The van der Waals surface area contributed by atoms with Gasteiger partial charge >= 0.3 is 0 Å². The van der Waals surface area contributed by atoms with Crippen molar-refractivity contribution in [3.63, 3.8) is 0 Å². The zero-order valence-electron chi connectivity index (χ0n) is 17.2. The van der Waals surface area contributed by atoms with E-state index in [2.05, 4.69) is 5.32 Å².